The van der Waals surface area contributed by atoms with E-state index in [1.165, 1.54) is 0 Å². The minimum atomic E-state index is -0.353. The Morgan fingerprint density at radius 2 is 2.21 bits per heavy atom. The van der Waals surface area contributed by atoms with Gasteiger partial charge in [-0.15, -0.1) is 0 Å². The van der Waals surface area contributed by atoms with E-state index in [2.05, 4.69) is 15.0 Å². The number of hydrogen-bond donors (Lipinski definition) is 1. The van der Waals surface area contributed by atoms with Gasteiger partial charge >= 0.3 is 0 Å². The summed E-state index contributed by atoms with van der Waals surface area (Å²) in [5.74, 6) is 0.200. The molecule has 1 saturated carbocycles. The van der Waals surface area contributed by atoms with Crippen molar-refractivity contribution in [2.45, 2.75) is 31.7 Å². The maximum atomic E-state index is 13.4. The molecule has 3 heterocycles. The van der Waals surface area contributed by atoms with E-state index < -0.39 is 0 Å². The van der Waals surface area contributed by atoms with E-state index >= 15 is 0 Å². The average Bonchev–Trinajstić information content (AvgIpc) is 3.06. The number of nitrogens with zero attached hydrogens (tertiary/aromatic N) is 3. The minimum absolute atomic E-state index is 0.148. The number of ether oxygens (including phenoxy) is 1. The van der Waals surface area contributed by atoms with Crippen LogP contribution in [0.5, 0.6) is 0 Å². The van der Waals surface area contributed by atoms with Gasteiger partial charge in [0.15, 0.2) is 0 Å². The summed E-state index contributed by atoms with van der Waals surface area (Å²) in [6.45, 7) is 1.20. The predicted octanol–water partition coefficient (Wildman–Crippen LogP) is 2.10. The van der Waals surface area contributed by atoms with Crippen molar-refractivity contribution in [3.63, 3.8) is 0 Å². The molecule has 1 atom stereocenters. The number of carbonyl (C=O) groups excluding carboxylic acids is 1. The molecule has 6 heteroatoms. The highest BCUT2D eigenvalue weighted by Crippen LogP contribution is 2.45. The molecule has 0 spiro atoms. The summed E-state index contributed by atoms with van der Waals surface area (Å²) in [7, 11) is 1.68. The lowest BCUT2D eigenvalue weighted by molar-refractivity contribution is -0.154. The zero-order valence-electron chi connectivity index (χ0n) is 13.9. The van der Waals surface area contributed by atoms with Gasteiger partial charge in [-0.05, 0) is 30.5 Å². The summed E-state index contributed by atoms with van der Waals surface area (Å²) in [6, 6.07) is 3.79. The molecule has 2 aliphatic rings. The van der Waals surface area contributed by atoms with E-state index in [9.17, 15) is 4.79 Å². The molecule has 0 saturated heterocycles. The zero-order valence-corrected chi connectivity index (χ0v) is 13.9. The minimum Gasteiger partial charge on any atom is -0.384 e. The van der Waals surface area contributed by atoms with Crippen molar-refractivity contribution < 1.29 is 9.53 Å². The summed E-state index contributed by atoms with van der Waals surface area (Å²) in [5.41, 5.74) is 2.77. The molecule has 2 aromatic rings. The molecule has 0 unspecified atom stereocenters. The van der Waals surface area contributed by atoms with Crippen LogP contribution < -0.4 is 0 Å². The number of methoxy groups -OCH3 is 1. The summed E-state index contributed by atoms with van der Waals surface area (Å²) < 4.78 is 5.38. The first kappa shape index (κ1) is 15.3. The largest absolute Gasteiger partial charge is 0.384 e. The Morgan fingerprint density at radius 1 is 1.42 bits per heavy atom. The van der Waals surface area contributed by atoms with Gasteiger partial charge in [-0.3, -0.25) is 9.78 Å². The first-order valence-electron chi connectivity index (χ1n) is 8.47. The monoisotopic (exact) mass is 326 g/mol. The standard InChI is InChI=1S/C18H22N4O2/c1-24-11-18(6-2-7-18)17(23)22-10-5-14-15(21-12-20-14)16(22)13-3-8-19-9-4-13/h3-4,8-9,12,16H,2,5-7,10-11H2,1H3,(H,20,21)/t16-/m1/s1. The molecule has 1 N–H and O–H groups in total. The predicted molar refractivity (Wildman–Crippen MR) is 88.2 cm³/mol. The number of H-pyrrole nitrogens is 1. The van der Waals surface area contributed by atoms with Crippen LogP contribution in [0, 0.1) is 5.41 Å². The number of nitrogens with one attached hydrogen (secondary N) is 1. The van der Waals surface area contributed by atoms with Crippen molar-refractivity contribution in [3.8, 4) is 0 Å². The molecule has 0 aromatic carbocycles. The van der Waals surface area contributed by atoms with Gasteiger partial charge in [0.2, 0.25) is 5.91 Å². The Balaban J connectivity index is 1.73. The molecule has 1 aliphatic heterocycles. The summed E-state index contributed by atoms with van der Waals surface area (Å²) in [5, 5.41) is 0. The van der Waals surface area contributed by atoms with Crippen molar-refractivity contribution in [1.82, 2.24) is 19.9 Å². The Labute approximate surface area is 141 Å². The van der Waals surface area contributed by atoms with E-state index in [1.807, 2.05) is 17.0 Å². The zero-order chi connectivity index (χ0) is 16.6. The maximum Gasteiger partial charge on any atom is 0.231 e. The van der Waals surface area contributed by atoms with Gasteiger partial charge in [0, 0.05) is 38.2 Å². The van der Waals surface area contributed by atoms with E-state index in [4.69, 9.17) is 4.74 Å². The smallest absolute Gasteiger partial charge is 0.231 e. The Bertz CT molecular complexity index is 724. The molecular weight excluding hydrogens is 304 g/mol. The second kappa shape index (κ2) is 6.02. The number of fused-ring (bicyclic) bond motifs is 1. The third kappa shape index (κ3) is 2.33. The topological polar surface area (TPSA) is 71.1 Å². The number of imidazole rings is 1. The fourth-order valence-electron chi connectivity index (χ4n) is 3.98. The van der Waals surface area contributed by atoms with Gasteiger partial charge in [-0.2, -0.15) is 0 Å². The van der Waals surface area contributed by atoms with Crippen LogP contribution in [0.1, 0.15) is 42.3 Å². The fraction of sp³-hybridized carbons (Fsp3) is 0.500. The average molecular weight is 326 g/mol. The molecule has 1 amide bonds. The molecule has 4 rings (SSSR count). The van der Waals surface area contributed by atoms with Crippen LogP contribution in [0.4, 0.5) is 0 Å². The molecular formula is C18H22N4O2. The van der Waals surface area contributed by atoms with Gasteiger partial charge in [0.05, 0.1) is 24.0 Å². The van der Waals surface area contributed by atoms with Crippen molar-refractivity contribution in [2.24, 2.45) is 5.41 Å². The second-order valence-corrected chi connectivity index (χ2v) is 6.76. The quantitative estimate of drug-likeness (QED) is 0.934. The van der Waals surface area contributed by atoms with E-state index in [0.29, 0.717) is 13.2 Å². The van der Waals surface area contributed by atoms with Gasteiger partial charge < -0.3 is 14.6 Å². The second-order valence-electron chi connectivity index (χ2n) is 6.76. The van der Waals surface area contributed by atoms with Crippen molar-refractivity contribution in [2.75, 3.05) is 20.3 Å². The summed E-state index contributed by atoms with van der Waals surface area (Å²) >= 11 is 0. The normalized spacial score (nSPS) is 21.9. The van der Waals surface area contributed by atoms with Crippen LogP contribution in [0.25, 0.3) is 0 Å². The van der Waals surface area contributed by atoms with Crippen molar-refractivity contribution in [1.29, 1.82) is 0 Å². The number of amides is 1. The first-order chi connectivity index (χ1) is 11.7. The first-order valence-corrected chi connectivity index (χ1v) is 8.47. The molecule has 126 valence electrons. The molecule has 0 radical (unpaired) electrons. The van der Waals surface area contributed by atoms with E-state index in [1.54, 1.807) is 25.8 Å². The highest BCUT2D eigenvalue weighted by atomic mass is 16.5. The van der Waals surface area contributed by atoms with Gasteiger partial charge in [-0.1, -0.05) is 6.42 Å². The fourth-order valence-corrected chi connectivity index (χ4v) is 3.98. The SMILES string of the molecule is COCC1(C(=O)N2CCc3[nH]cnc3[C@H]2c2ccncc2)CCC1. The lowest BCUT2D eigenvalue weighted by Crippen LogP contribution is -2.53. The van der Waals surface area contributed by atoms with Crippen LogP contribution in [0.2, 0.25) is 0 Å². The van der Waals surface area contributed by atoms with Gasteiger partial charge in [-0.25, -0.2) is 4.98 Å². The Morgan fingerprint density at radius 3 is 2.88 bits per heavy atom. The van der Waals surface area contributed by atoms with Crippen LogP contribution in [0.15, 0.2) is 30.9 Å². The molecule has 2 aromatic heterocycles. The highest BCUT2D eigenvalue weighted by molar-refractivity contribution is 5.85. The number of carbonyl (C=O) groups is 1. The van der Waals surface area contributed by atoms with Gasteiger partial charge in [0.25, 0.3) is 0 Å². The lowest BCUT2D eigenvalue weighted by atomic mass is 9.68. The molecule has 6 nitrogen and oxygen atoms in total. The van der Waals surface area contributed by atoms with Crippen molar-refractivity contribution in [3.05, 3.63) is 47.8 Å². The highest BCUT2D eigenvalue weighted by Gasteiger charge is 2.49. The van der Waals surface area contributed by atoms with E-state index in [-0.39, 0.29) is 17.4 Å². The third-order valence-corrected chi connectivity index (χ3v) is 5.39. The molecule has 1 aliphatic carbocycles. The third-order valence-electron chi connectivity index (χ3n) is 5.39. The molecule has 0 bridgehead atoms. The van der Waals surface area contributed by atoms with Crippen LogP contribution >= 0.6 is 0 Å². The number of pyridine rings is 1. The number of hydrogen-bond acceptors (Lipinski definition) is 4. The number of rotatable bonds is 4. The summed E-state index contributed by atoms with van der Waals surface area (Å²) in [6.07, 6.45) is 8.99. The van der Waals surface area contributed by atoms with Crippen LogP contribution in [-0.2, 0) is 16.0 Å². The molecule has 24 heavy (non-hydrogen) atoms. The number of aromatic nitrogens is 3. The molecule has 1 fully saturated rings. The van der Waals surface area contributed by atoms with Crippen molar-refractivity contribution >= 4 is 5.91 Å². The number of aromatic amines is 1. The van der Waals surface area contributed by atoms with Crippen LogP contribution in [-0.4, -0.2) is 46.0 Å². The summed E-state index contributed by atoms with van der Waals surface area (Å²) in [4.78, 5) is 27.2. The Kier molecular flexibility index (Phi) is 3.84. The maximum absolute atomic E-state index is 13.4. The van der Waals surface area contributed by atoms with E-state index in [0.717, 1.165) is 42.6 Å². The van der Waals surface area contributed by atoms with Gasteiger partial charge in [0.1, 0.15) is 6.04 Å². The van der Waals surface area contributed by atoms with Crippen LogP contribution in [0.3, 0.4) is 0 Å². The Hall–Kier alpha value is -2.21. The lowest BCUT2D eigenvalue weighted by Gasteiger charge is -2.46.